The van der Waals surface area contributed by atoms with Crippen molar-refractivity contribution in [1.29, 1.82) is 0 Å². The number of hydrogen-bond acceptors (Lipinski definition) is 4. The van der Waals surface area contributed by atoms with Gasteiger partial charge in [0.2, 0.25) is 0 Å². The van der Waals surface area contributed by atoms with Gasteiger partial charge in [0, 0.05) is 37.1 Å². The summed E-state index contributed by atoms with van der Waals surface area (Å²) >= 11 is 0. The summed E-state index contributed by atoms with van der Waals surface area (Å²) in [4.78, 5) is 31.1. The minimum absolute atomic E-state index is 0.0148. The van der Waals surface area contributed by atoms with E-state index in [1.807, 2.05) is 21.9 Å². The predicted octanol–water partition coefficient (Wildman–Crippen LogP) is 1.72. The van der Waals surface area contributed by atoms with Crippen LogP contribution in [0.4, 0.5) is 0 Å². The van der Waals surface area contributed by atoms with Crippen LogP contribution in [0.5, 0.6) is 0 Å². The molecule has 3 rings (SSSR count). The molecule has 1 saturated heterocycles. The maximum Gasteiger partial charge on any atom is 0.319 e. The molecule has 1 amide bonds. The van der Waals surface area contributed by atoms with Crippen LogP contribution < -0.4 is 0 Å². The van der Waals surface area contributed by atoms with Gasteiger partial charge in [0.25, 0.3) is 5.91 Å². The molecule has 24 heavy (non-hydrogen) atoms. The van der Waals surface area contributed by atoms with Gasteiger partial charge in [0.1, 0.15) is 5.69 Å². The summed E-state index contributed by atoms with van der Waals surface area (Å²) in [5, 5.41) is 1.10. The molecule has 1 fully saturated rings. The SMILES string of the molecule is COC(=O)CN1CCN(C(=O)c2cc3c(C)c(C)ccc3[nH]2)CC1. The van der Waals surface area contributed by atoms with Crippen molar-refractivity contribution in [2.45, 2.75) is 13.8 Å². The molecule has 2 aromatic rings. The summed E-state index contributed by atoms with van der Waals surface area (Å²) in [6.45, 7) is 7.02. The van der Waals surface area contributed by atoms with E-state index in [9.17, 15) is 9.59 Å². The number of H-pyrrole nitrogens is 1. The van der Waals surface area contributed by atoms with Crippen LogP contribution in [0.2, 0.25) is 0 Å². The van der Waals surface area contributed by atoms with Crippen LogP contribution in [0, 0.1) is 13.8 Å². The first-order valence-electron chi connectivity index (χ1n) is 8.17. The third-order valence-electron chi connectivity index (χ3n) is 4.81. The predicted molar refractivity (Wildman–Crippen MR) is 92.1 cm³/mol. The summed E-state index contributed by atoms with van der Waals surface area (Å²) in [5.41, 5.74) is 4.04. The van der Waals surface area contributed by atoms with Crippen molar-refractivity contribution in [2.75, 3.05) is 39.8 Å². The third kappa shape index (κ3) is 3.14. The van der Waals surface area contributed by atoms with E-state index >= 15 is 0 Å². The van der Waals surface area contributed by atoms with E-state index in [1.54, 1.807) is 0 Å². The summed E-state index contributed by atoms with van der Waals surface area (Å²) in [7, 11) is 1.39. The molecule has 0 radical (unpaired) electrons. The zero-order valence-electron chi connectivity index (χ0n) is 14.4. The Morgan fingerprint density at radius 1 is 1.17 bits per heavy atom. The van der Waals surface area contributed by atoms with Crippen LogP contribution in [0.15, 0.2) is 18.2 Å². The maximum atomic E-state index is 12.7. The Morgan fingerprint density at radius 2 is 1.88 bits per heavy atom. The fraction of sp³-hybridized carbons (Fsp3) is 0.444. The zero-order chi connectivity index (χ0) is 17.3. The number of benzene rings is 1. The van der Waals surface area contributed by atoms with Gasteiger partial charge in [-0.15, -0.1) is 0 Å². The van der Waals surface area contributed by atoms with Gasteiger partial charge in [-0.25, -0.2) is 0 Å². The van der Waals surface area contributed by atoms with E-state index in [0.717, 1.165) is 10.9 Å². The van der Waals surface area contributed by atoms with Crippen LogP contribution in [-0.2, 0) is 9.53 Å². The minimum Gasteiger partial charge on any atom is -0.468 e. The van der Waals surface area contributed by atoms with Gasteiger partial charge in [-0.2, -0.15) is 0 Å². The number of amides is 1. The molecule has 0 unspecified atom stereocenters. The van der Waals surface area contributed by atoms with Crippen LogP contribution in [0.3, 0.4) is 0 Å². The molecule has 1 aromatic heterocycles. The highest BCUT2D eigenvalue weighted by molar-refractivity contribution is 5.99. The van der Waals surface area contributed by atoms with Crippen molar-refractivity contribution >= 4 is 22.8 Å². The zero-order valence-corrected chi connectivity index (χ0v) is 14.4. The molecule has 6 nitrogen and oxygen atoms in total. The molecule has 1 aliphatic rings. The number of hydrogen-bond donors (Lipinski definition) is 1. The summed E-state index contributed by atoms with van der Waals surface area (Å²) in [5.74, 6) is -0.225. The Labute approximate surface area is 141 Å². The van der Waals surface area contributed by atoms with Crippen LogP contribution >= 0.6 is 0 Å². The van der Waals surface area contributed by atoms with E-state index in [2.05, 4.69) is 29.6 Å². The molecular weight excluding hydrogens is 306 g/mol. The van der Waals surface area contributed by atoms with Crippen molar-refractivity contribution < 1.29 is 14.3 Å². The molecule has 0 spiro atoms. The molecule has 0 atom stereocenters. The largest absolute Gasteiger partial charge is 0.468 e. The van der Waals surface area contributed by atoms with Gasteiger partial charge >= 0.3 is 5.97 Å². The number of aromatic nitrogens is 1. The van der Waals surface area contributed by atoms with Gasteiger partial charge in [0.05, 0.1) is 13.7 Å². The second-order valence-electron chi connectivity index (χ2n) is 6.30. The second-order valence-corrected chi connectivity index (χ2v) is 6.30. The molecule has 0 bridgehead atoms. The standard InChI is InChI=1S/C18H23N3O3/c1-12-4-5-15-14(13(12)2)10-16(19-15)18(23)21-8-6-20(7-9-21)11-17(22)24-3/h4-5,10,19H,6-9,11H2,1-3H3. The van der Waals surface area contributed by atoms with E-state index in [-0.39, 0.29) is 18.4 Å². The molecule has 6 heteroatoms. The van der Waals surface area contributed by atoms with Crippen molar-refractivity contribution in [3.8, 4) is 0 Å². The summed E-state index contributed by atoms with van der Waals surface area (Å²) in [6, 6.07) is 6.03. The average Bonchev–Trinajstić information content (AvgIpc) is 3.03. The van der Waals surface area contributed by atoms with Gasteiger partial charge in [-0.1, -0.05) is 6.07 Å². The fourth-order valence-electron chi connectivity index (χ4n) is 3.10. The topological polar surface area (TPSA) is 65.6 Å². The number of fused-ring (bicyclic) bond motifs is 1. The molecular formula is C18H23N3O3. The Kier molecular flexibility index (Phi) is 4.57. The number of aromatic amines is 1. The van der Waals surface area contributed by atoms with E-state index in [0.29, 0.717) is 31.9 Å². The number of aryl methyl sites for hydroxylation is 2. The fourth-order valence-corrected chi connectivity index (χ4v) is 3.10. The first kappa shape index (κ1) is 16.5. The highest BCUT2D eigenvalue weighted by atomic mass is 16.5. The number of carbonyl (C=O) groups excluding carboxylic acids is 2. The number of nitrogens with one attached hydrogen (secondary N) is 1. The Bertz CT molecular complexity index is 773. The summed E-state index contributed by atoms with van der Waals surface area (Å²) < 4.78 is 4.68. The normalized spacial score (nSPS) is 15.7. The maximum absolute atomic E-state index is 12.7. The Balaban J connectivity index is 1.69. The quantitative estimate of drug-likeness (QED) is 0.871. The van der Waals surface area contributed by atoms with Crippen molar-refractivity contribution in [3.63, 3.8) is 0 Å². The molecule has 0 saturated carbocycles. The number of piperazine rings is 1. The van der Waals surface area contributed by atoms with Crippen LogP contribution in [0.1, 0.15) is 21.6 Å². The van der Waals surface area contributed by atoms with E-state index in [1.165, 1.54) is 18.2 Å². The first-order valence-corrected chi connectivity index (χ1v) is 8.17. The first-order chi connectivity index (χ1) is 11.5. The third-order valence-corrected chi connectivity index (χ3v) is 4.81. The number of ether oxygens (including phenoxy) is 1. The van der Waals surface area contributed by atoms with Crippen molar-refractivity contribution in [1.82, 2.24) is 14.8 Å². The van der Waals surface area contributed by atoms with Crippen molar-refractivity contribution in [2.24, 2.45) is 0 Å². The van der Waals surface area contributed by atoms with Gasteiger partial charge < -0.3 is 14.6 Å². The molecule has 1 N–H and O–H groups in total. The van der Waals surface area contributed by atoms with E-state index in [4.69, 9.17) is 0 Å². The summed E-state index contributed by atoms with van der Waals surface area (Å²) in [6.07, 6.45) is 0. The Hall–Kier alpha value is -2.34. The lowest BCUT2D eigenvalue weighted by Gasteiger charge is -2.33. The number of nitrogens with zero attached hydrogens (tertiary/aromatic N) is 2. The lowest BCUT2D eigenvalue weighted by Crippen LogP contribution is -2.50. The highest BCUT2D eigenvalue weighted by Gasteiger charge is 2.24. The van der Waals surface area contributed by atoms with Gasteiger partial charge in [-0.05, 0) is 37.1 Å². The molecule has 2 heterocycles. The lowest BCUT2D eigenvalue weighted by molar-refractivity contribution is -0.142. The number of esters is 1. The Morgan fingerprint density at radius 3 is 2.54 bits per heavy atom. The van der Waals surface area contributed by atoms with Gasteiger partial charge in [-0.3, -0.25) is 14.5 Å². The second kappa shape index (κ2) is 6.65. The van der Waals surface area contributed by atoms with E-state index < -0.39 is 0 Å². The number of methoxy groups -OCH3 is 1. The molecule has 0 aliphatic carbocycles. The average molecular weight is 329 g/mol. The van der Waals surface area contributed by atoms with Crippen LogP contribution in [0.25, 0.3) is 10.9 Å². The van der Waals surface area contributed by atoms with Crippen LogP contribution in [-0.4, -0.2) is 66.5 Å². The monoisotopic (exact) mass is 329 g/mol. The number of rotatable bonds is 3. The lowest BCUT2D eigenvalue weighted by atomic mass is 10.1. The molecule has 1 aromatic carbocycles. The van der Waals surface area contributed by atoms with Gasteiger partial charge in [0.15, 0.2) is 0 Å². The molecule has 128 valence electrons. The smallest absolute Gasteiger partial charge is 0.319 e. The molecule has 1 aliphatic heterocycles. The van der Waals surface area contributed by atoms with Crippen molar-refractivity contribution in [3.05, 3.63) is 35.0 Å². The number of carbonyl (C=O) groups is 2. The minimum atomic E-state index is -0.240. The highest BCUT2D eigenvalue weighted by Crippen LogP contribution is 2.23.